The Morgan fingerprint density at radius 3 is 1.22 bits per heavy atom. The normalized spacial score (nSPS) is 18.3. The van der Waals surface area contributed by atoms with Crippen LogP contribution in [-0.4, -0.2) is 7.37 Å². The summed E-state index contributed by atoms with van der Waals surface area (Å²) < 4.78 is 4.19. The van der Waals surface area contributed by atoms with Crippen LogP contribution in [0, 0.1) is 0 Å². The molecule has 2 aliphatic rings. The summed E-state index contributed by atoms with van der Waals surface area (Å²) in [7, 11) is 1.15. The summed E-state index contributed by atoms with van der Waals surface area (Å²) >= 11 is -4.17. The third-order valence-corrected chi connectivity index (χ3v) is 42.8. The third kappa shape index (κ3) is 3.64. The first-order valence-corrected chi connectivity index (χ1v) is 26.0. The first-order valence-electron chi connectivity index (χ1n) is 12.4. The molecule has 0 saturated heterocycles. The molecule has 181 valence electrons. The van der Waals surface area contributed by atoms with Crippen molar-refractivity contribution in [2.24, 2.45) is 0 Å². The van der Waals surface area contributed by atoms with Crippen LogP contribution in [0.25, 0.3) is 12.2 Å². The van der Waals surface area contributed by atoms with E-state index in [1.54, 1.807) is 28.8 Å². The van der Waals surface area contributed by atoms with Crippen LogP contribution in [0.3, 0.4) is 0 Å². The van der Waals surface area contributed by atoms with Gasteiger partial charge in [0.1, 0.15) is 0 Å². The molecule has 0 aliphatic heterocycles. The number of hydrogen-bond donors (Lipinski definition) is 0. The van der Waals surface area contributed by atoms with Gasteiger partial charge in [0.05, 0.1) is 0 Å². The quantitative estimate of drug-likeness (QED) is 0.286. The zero-order valence-electron chi connectivity index (χ0n) is 21.0. The topological polar surface area (TPSA) is 0 Å². The molecule has 0 N–H and O–H groups in total. The number of hydrogen-bond acceptors (Lipinski definition) is 0. The molecule has 4 aromatic carbocycles. The summed E-state index contributed by atoms with van der Waals surface area (Å²) in [5.41, 5.74) is 9.02. The van der Waals surface area contributed by atoms with E-state index in [1.165, 1.54) is 11.1 Å². The fourth-order valence-corrected chi connectivity index (χ4v) is 42.3. The minimum Gasteiger partial charge on any atom is -1.00 e. The fourth-order valence-electron chi connectivity index (χ4n) is 7.69. The van der Waals surface area contributed by atoms with Gasteiger partial charge < -0.3 is 24.8 Å². The maximum atomic E-state index is 2.48. The molecule has 2 atom stereocenters. The zero-order chi connectivity index (χ0) is 23.4. The van der Waals surface area contributed by atoms with Gasteiger partial charge in [-0.15, -0.1) is 0 Å². The Labute approximate surface area is 230 Å². The number of rotatable bonds is 4. The molecule has 0 heterocycles. The van der Waals surface area contributed by atoms with Gasteiger partial charge in [0.25, 0.3) is 0 Å². The predicted octanol–water partition coefficient (Wildman–Crippen LogP) is -0.0682. The summed E-state index contributed by atoms with van der Waals surface area (Å²) in [5, 5.41) is 0. The largest absolute Gasteiger partial charge is 1.00 e. The maximum absolute atomic E-state index is 4.17. The Balaban J connectivity index is 0.00000152. The molecule has 4 heteroatoms. The molecular formula is C32H31Cl2SiZr. The van der Waals surface area contributed by atoms with Crippen molar-refractivity contribution in [3.63, 3.8) is 0 Å². The van der Waals surface area contributed by atoms with Crippen molar-refractivity contribution in [1.29, 1.82) is 0 Å². The van der Waals surface area contributed by atoms with Crippen molar-refractivity contribution in [2.45, 2.75) is 21.1 Å². The Kier molecular flexibility index (Phi) is 7.58. The van der Waals surface area contributed by atoms with Gasteiger partial charge >= 0.3 is 208 Å². The molecule has 4 aromatic rings. The summed E-state index contributed by atoms with van der Waals surface area (Å²) in [5.74, 6) is 0. The molecule has 6 rings (SSSR count). The van der Waals surface area contributed by atoms with Crippen LogP contribution < -0.4 is 31.4 Å². The van der Waals surface area contributed by atoms with Crippen LogP contribution in [0.4, 0.5) is 0 Å². The molecule has 0 nitrogen and oxygen atoms in total. The molecule has 0 saturated carbocycles. The average Bonchev–Trinajstić information content (AvgIpc) is 3.41. The third-order valence-electron chi connectivity index (χ3n) is 8.86. The molecule has 0 aromatic heterocycles. The molecule has 0 fully saturated rings. The van der Waals surface area contributed by atoms with Crippen molar-refractivity contribution in [1.82, 2.24) is 0 Å². The van der Waals surface area contributed by atoms with Crippen molar-refractivity contribution in [2.75, 3.05) is 0 Å². The van der Waals surface area contributed by atoms with Gasteiger partial charge in [-0.25, -0.2) is 0 Å². The summed E-state index contributed by atoms with van der Waals surface area (Å²) in [6.45, 7) is 4.81. The second-order valence-corrected chi connectivity index (χ2v) is 38.6. The first-order chi connectivity index (χ1) is 16.5. The van der Waals surface area contributed by atoms with E-state index in [4.69, 9.17) is 0 Å². The monoisotopic (exact) mass is 603 g/mol. The summed E-state index contributed by atoms with van der Waals surface area (Å²) in [6.07, 6.45) is 4.97. The maximum Gasteiger partial charge on any atom is -1.00 e. The van der Waals surface area contributed by atoms with Crippen LogP contribution >= 0.6 is 0 Å². The van der Waals surface area contributed by atoms with E-state index < -0.39 is 17.9 Å². The predicted molar refractivity (Wildman–Crippen MR) is 148 cm³/mol. The van der Waals surface area contributed by atoms with Crippen LogP contribution in [-0.2, 0) is 17.9 Å². The van der Waals surface area contributed by atoms with E-state index in [0.29, 0.717) is 7.25 Å². The fraction of sp³-hybridized carbons (Fsp3) is 0.125. The van der Waals surface area contributed by atoms with E-state index in [9.17, 15) is 0 Å². The second kappa shape index (κ2) is 10.1. The molecule has 0 bridgehead atoms. The molecule has 0 radical (unpaired) electrons. The van der Waals surface area contributed by atoms with Crippen LogP contribution in [0.5, 0.6) is 0 Å². The van der Waals surface area contributed by atoms with Gasteiger partial charge in [-0.3, -0.25) is 0 Å². The van der Waals surface area contributed by atoms with Crippen molar-refractivity contribution < 1.29 is 42.8 Å². The number of allylic oxidation sites excluding steroid dienone is 2. The first kappa shape index (κ1) is 27.1. The summed E-state index contributed by atoms with van der Waals surface area (Å²) in [6, 6.07) is 41.8. The number of benzene rings is 4. The molecule has 0 amide bonds. The number of halogens is 2. The molecule has 36 heavy (non-hydrogen) atoms. The van der Waals surface area contributed by atoms with Gasteiger partial charge in [0.2, 0.25) is 0 Å². The van der Waals surface area contributed by atoms with Crippen molar-refractivity contribution in [3.05, 3.63) is 143 Å². The van der Waals surface area contributed by atoms with Gasteiger partial charge in [0.15, 0.2) is 0 Å². The molecular weight excluding hydrogens is 575 g/mol. The smallest absolute Gasteiger partial charge is 1.00 e. The Bertz CT molecular complexity index is 1350. The van der Waals surface area contributed by atoms with E-state index in [0.717, 1.165) is 7.37 Å². The van der Waals surface area contributed by atoms with Crippen LogP contribution in [0.2, 0.25) is 0 Å². The second-order valence-electron chi connectivity index (χ2n) is 10.6. The minimum atomic E-state index is -4.17. The van der Waals surface area contributed by atoms with E-state index in [1.807, 2.05) is 0 Å². The van der Waals surface area contributed by atoms with E-state index in [-0.39, 0.29) is 24.8 Å². The van der Waals surface area contributed by atoms with Gasteiger partial charge in [-0.2, -0.15) is 0 Å². The van der Waals surface area contributed by atoms with Gasteiger partial charge in [-0.05, 0) is 0 Å². The molecule has 0 spiro atoms. The van der Waals surface area contributed by atoms with Gasteiger partial charge in [0, 0.05) is 0 Å². The van der Waals surface area contributed by atoms with Crippen LogP contribution in [0.1, 0.15) is 43.4 Å². The van der Waals surface area contributed by atoms with Crippen molar-refractivity contribution >= 4 is 26.1 Å². The Morgan fingerprint density at radius 2 is 0.833 bits per heavy atom. The molecule has 2 aliphatic carbocycles. The SMILES string of the molecule is CC1=Cc2ccccc2[CH]1[Zr+2]([SiH3])([c]1ccccc1)([c]1ccccc1)[CH]1C(C)=Cc2ccccc21.[Cl-].[Cl-]. The Hall–Kier alpha value is -1.96. The van der Waals surface area contributed by atoms with Crippen LogP contribution in [0.15, 0.2) is 120 Å². The Morgan fingerprint density at radius 1 is 0.500 bits per heavy atom. The van der Waals surface area contributed by atoms with Gasteiger partial charge in [-0.1, -0.05) is 0 Å². The van der Waals surface area contributed by atoms with E-state index in [2.05, 4.69) is 135 Å². The van der Waals surface area contributed by atoms with Crippen molar-refractivity contribution in [3.8, 4) is 0 Å². The minimum absolute atomic E-state index is 0. The standard InChI is InChI=1S/2C10H9.2C6H5.2ClH.H3Si.Zr/c2*1-8-6-9-4-2-3-5-10(9)7-8;2*1-2-4-6-5-3-1;;;;/h2*2-7H,1H3;2*1-5H;2*1H;1H3;/q;;;;;;;+2/p-2. The number of fused-ring (bicyclic) bond motifs is 2. The average molecular weight is 606 g/mol. The zero-order valence-corrected chi connectivity index (χ0v) is 26.9. The summed E-state index contributed by atoms with van der Waals surface area (Å²) in [4.78, 5) is 0. The molecule has 2 unspecified atom stereocenters. The van der Waals surface area contributed by atoms with E-state index >= 15 is 0 Å².